The lowest BCUT2D eigenvalue weighted by Gasteiger charge is -2.48. The van der Waals surface area contributed by atoms with Gasteiger partial charge in [0.1, 0.15) is 5.57 Å². The lowest BCUT2D eigenvalue weighted by Crippen LogP contribution is -2.57. The van der Waals surface area contributed by atoms with Crippen LogP contribution in [0.4, 0.5) is 0 Å². The van der Waals surface area contributed by atoms with Crippen LogP contribution in [0, 0.1) is 5.92 Å². The van der Waals surface area contributed by atoms with Gasteiger partial charge in [-0.15, -0.1) is 11.8 Å². The number of rotatable bonds is 4. The van der Waals surface area contributed by atoms with Gasteiger partial charge < -0.3 is 19.4 Å². The number of piperazine rings is 1. The molecule has 3 atom stereocenters. The second-order valence-corrected chi connectivity index (χ2v) is 9.98. The Balaban J connectivity index is 1.57. The number of likely N-dealkylation sites (N-methyl/N-ethyl adjacent to an activating group) is 1. The van der Waals surface area contributed by atoms with E-state index in [4.69, 9.17) is 4.74 Å². The first-order valence-electron chi connectivity index (χ1n) is 11.4. The Labute approximate surface area is 183 Å². The average Bonchev–Trinajstić information content (AvgIpc) is 3.31. The van der Waals surface area contributed by atoms with Crippen molar-refractivity contribution in [3.63, 3.8) is 0 Å². The molecule has 2 amide bonds. The summed E-state index contributed by atoms with van der Waals surface area (Å²) >= 11 is 1.77. The molecule has 7 nitrogen and oxygen atoms in total. The van der Waals surface area contributed by atoms with Crippen molar-refractivity contribution in [3.8, 4) is 0 Å². The van der Waals surface area contributed by atoms with Crippen LogP contribution in [0.2, 0.25) is 0 Å². The molecule has 30 heavy (non-hydrogen) atoms. The minimum atomic E-state index is -0.505. The Kier molecular flexibility index (Phi) is 6.60. The van der Waals surface area contributed by atoms with Gasteiger partial charge in [-0.25, -0.2) is 4.79 Å². The van der Waals surface area contributed by atoms with Crippen molar-refractivity contribution < 1.29 is 19.1 Å². The second kappa shape index (κ2) is 9.20. The third-order valence-electron chi connectivity index (χ3n) is 6.99. The van der Waals surface area contributed by atoms with E-state index < -0.39 is 5.97 Å². The maximum absolute atomic E-state index is 13.2. The fourth-order valence-electron chi connectivity index (χ4n) is 5.45. The summed E-state index contributed by atoms with van der Waals surface area (Å²) in [6.45, 7) is 4.66. The van der Waals surface area contributed by atoms with Gasteiger partial charge in [0.2, 0.25) is 5.91 Å². The summed E-state index contributed by atoms with van der Waals surface area (Å²) in [7, 11) is 1.82. The Morgan fingerprint density at radius 2 is 1.80 bits per heavy atom. The van der Waals surface area contributed by atoms with Crippen molar-refractivity contribution in [1.29, 1.82) is 0 Å². The summed E-state index contributed by atoms with van der Waals surface area (Å²) in [4.78, 5) is 44.7. The zero-order chi connectivity index (χ0) is 21.3. The molecule has 3 heterocycles. The van der Waals surface area contributed by atoms with Gasteiger partial charge in [0.25, 0.3) is 5.91 Å². The summed E-state index contributed by atoms with van der Waals surface area (Å²) in [5.74, 6) is 0.784. The van der Waals surface area contributed by atoms with Crippen LogP contribution in [-0.2, 0) is 19.1 Å². The predicted molar refractivity (Wildman–Crippen MR) is 116 cm³/mol. The first-order chi connectivity index (χ1) is 14.5. The molecule has 3 unspecified atom stereocenters. The number of carbonyl (C=O) groups excluding carboxylic acids is 3. The Hall–Kier alpha value is -1.70. The van der Waals surface area contributed by atoms with Gasteiger partial charge in [-0.1, -0.05) is 12.8 Å². The van der Waals surface area contributed by atoms with Crippen molar-refractivity contribution in [2.45, 2.75) is 56.7 Å². The number of nitrogens with zero attached hydrogens (tertiary/aromatic N) is 3. The van der Waals surface area contributed by atoms with Crippen LogP contribution in [-0.4, -0.2) is 89.4 Å². The molecule has 0 N–H and O–H groups in total. The average molecular weight is 436 g/mol. The molecule has 0 bridgehead atoms. The van der Waals surface area contributed by atoms with Crippen LogP contribution in [0.5, 0.6) is 0 Å². The molecule has 0 aromatic rings. The smallest absolute Gasteiger partial charge is 0.345 e. The molecule has 1 aliphatic carbocycles. The summed E-state index contributed by atoms with van der Waals surface area (Å²) in [6, 6.07) is 0.147. The number of hydrogen-bond acceptors (Lipinski definition) is 6. The largest absolute Gasteiger partial charge is 0.462 e. The first kappa shape index (κ1) is 21.5. The molecule has 3 fully saturated rings. The first-order valence-corrected chi connectivity index (χ1v) is 12.4. The number of amides is 2. The fourth-order valence-corrected chi connectivity index (χ4v) is 6.69. The van der Waals surface area contributed by atoms with E-state index in [0.29, 0.717) is 26.2 Å². The van der Waals surface area contributed by atoms with Crippen LogP contribution in [0.1, 0.15) is 45.4 Å². The maximum Gasteiger partial charge on any atom is 0.345 e. The van der Waals surface area contributed by atoms with Crippen molar-refractivity contribution in [2.24, 2.45) is 5.92 Å². The van der Waals surface area contributed by atoms with E-state index >= 15 is 0 Å². The molecular weight excluding hydrogens is 402 g/mol. The van der Waals surface area contributed by atoms with E-state index in [1.54, 1.807) is 23.6 Å². The molecule has 0 aromatic heterocycles. The van der Waals surface area contributed by atoms with Crippen LogP contribution in [0.15, 0.2) is 11.3 Å². The van der Waals surface area contributed by atoms with Gasteiger partial charge in [0, 0.05) is 50.9 Å². The van der Waals surface area contributed by atoms with E-state index in [2.05, 4.69) is 4.90 Å². The second-order valence-electron chi connectivity index (χ2n) is 8.67. The van der Waals surface area contributed by atoms with Crippen molar-refractivity contribution >= 4 is 29.5 Å². The summed E-state index contributed by atoms with van der Waals surface area (Å²) in [5.41, 5.74) is 1.09. The highest BCUT2D eigenvalue weighted by atomic mass is 32.2. The van der Waals surface area contributed by atoms with Crippen LogP contribution < -0.4 is 0 Å². The van der Waals surface area contributed by atoms with E-state index in [0.717, 1.165) is 50.0 Å². The summed E-state index contributed by atoms with van der Waals surface area (Å²) in [5, 5.41) is 0.110. The van der Waals surface area contributed by atoms with Gasteiger partial charge in [-0.2, -0.15) is 0 Å². The SMILES string of the molecule is CCOC(=O)C1=C(N2CCN(C(=O)C3CCCS3)CC2)C2CCCCC2N(C)C1=O. The van der Waals surface area contributed by atoms with Gasteiger partial charge >= 0.3 is 5.97 Å². The minimum absolute atomic E-state index is 0.110. The molecule has 0 radical (unpaired) electrons. The summed E-state index contributed by atoms with van der Waals surface area (Å²) in [6.07, 6.45) is 6.28. The predicted octanol–water partition coefficient (Wildman–Crippen LogP) is 1.87. The summed E-state index contributed by atoms with van der Waals surface area (Å²) < 4.78 is 5.29. The molecule has 4 aliphatic rings. The number of thioether (sulfide) groups is 1. The lowest BCUT2D eigenvalue weighted by atomic mass is 9.76. The lowest BCUT2D eigenvalue weighted by molar-refractivity contribution is -0.144. The molecule has 8 heteroatoms. The molecule has 4 rings (SSSR count). The van der Waals surface area contributed by atoms with Gasteiger partial charge in [0.15, 0.2) is 0 Å². The van der Waals surface area contributed by atoms with E-state index in [1.807, 2.05) is 11.9 Å². The molecule has 3 aliphatic heterocycles. The third kappa shape index (κ3) is 3.95. The topological polar surface area (TPSA) is 70.2 Å². The number of carbonyl (C=O) groups is 3. The third-order valence-corrected chi connectivity index (χ3v) is 8.35. The van der Waals surface area contributed by atoms with Crippen molar-refractivity contribution in [3.05, 3.63) is 11.3 Å². The van der Waals surface area contributed by atoms with E-state index in [9.17, 15) is 14.4 Å². The highest BCUT2D eigenvalue weighted by molar-refractivity contribution is 8.00. The fraction of sp³-hybridized carbons (Fsp3) is 0.773. The minimum Gasteiger partial charge on any atom is -0.462 e. The Morgan fingerprint density at radius 3 is 2.47 bits per heavy atom. The number of hydrogen-bond donors (Lipinski definition) is 0. The van der Waals surface area contributed by atoms with Gasteiger partial charge in [-0.3, -0.25) is 9.59 Å². The van der Waals surface area contributed by atoms with Crippen molar-refractivity contribution in [2.75, 3.05) is 45.6 Å². The van der Waals surface area contributed by atoms with Crippen molar-refractivity contribution in [1.82, 2.24) is 14.7 Å². The highest BCUT2D eigenvalue weighted by Gasteiger charge is 2.46. The highest BCUT2D eigenvalue weighted by Crippen LogP contribution is 2.41. The van der Waals surface area contributed by atoms with Crippen LogP contribution in [0.25, 0.3) is 0 Å². The molecule has 0 spiro atoms. The number of fused-ring (bicyclic) bond motifs is 1. The molecule has 1 saturated carbocycles. The normalized spacial score (nSPS) is 29.9. The van der Waals surface area contributed by atoms with Crippen LogP contribution >= 0.6 is 11.8 Å². The van der Waals surface area contributed by atoms with Crippen LogP contribution in [0.3, 0.4) is 0 Å². The number of esters is 1. The quantitative estimate of drug-likeness (QED) is 0.496. The molecular formula is C22H33N3O4S. The molecule has 2 saturated heterocycles. The molecule has 166 valence electrons. The monoisotopic (exact) mass is 435 g/mol. The van der Waals surface area contributed by atoms with E-state index in [-0.39, 0.29) is 41.2 Å². The molecule has 0 aromatic carbocycles. The van der Waals surface area contributed by atoms with E-state index in [1.165, 1.54) is 0 Å². The number of ether oxygens (including phenoxy) is 1. The Bertz CT molecular complexity index is 726. The zero-order valence-corrected chi connectivity index (χ0v) is 18.9. The van der Waals surface area contributed by atoms with Gasteiger partial charge in [-0.05, 0) is 38.4 Å². The Morgan fingerprint density at radius 1 is 1.07 bits per heavy atom. The zero-order valence-electron chi connectivity index (χ0n) is 18.1. The standard InChI is InChI=1S/C22H33N3O4S/c1-3-29-22(28)18-19(15-7-4-5-8-16(15)23(2)21(18)27)24-10-12-25(13-11-24)20(26)17-9-6-14-30-17/h15-17H,3-14H2,1-2H3. The maximum atomic E-state index is 13.2. The van der Waals surface area contributed by atoms with Gasteiger partial charge in [0.05, 0.1) is 11.9 Å².